The Bertz CT molecular complexity index is 967. The first-order valence-corrected chi connectivity index (χ1v) is 13.0. The van der Waals surface area contributed by atoms with Gasteiger partial charge in [-0.05, 0) is 80.4 Å². The quantitative estimate of drug-likeness (QED) is 0.403. The number of benzene rings is 1. The van der Waals surface area contributed by atoms with Crippen LogP contribution in [0.5, 0.6) is 0 Å². The lowest BCUT2D eigenvalue weighted by molar-refractivity contribution is -0.137. The summed E-state index contributed by atoms with van der Waals surface area (Å²) in [5, 5.41) is 17.5. The number of hydrogen-bond acceptors (Lipinski definition) is 4. The number of aryl methyl sites for hydroxylation is 1. The number of carbonyl (C=O) groups is 2. The van der Waals surface area contributed by atoms with Gasteiger partial charge in [-0.15, -0.1) is 0 Å². The van der Waals surface area contributed by atoms with Crippen molar-refractivity contribution in [1.29, 1.82) is 0 Å². The molecule has 1 amide bonds. The monoisotopic (exact) mass is 488 g/mol. The molecule has 186 valence electrons. The Hall–Kier alpha value is -2.08. The van der Waals surface area contributed by atoms with Gasteiger partial charge in [-0.2, -0.15) is 0 Å². The highest BCUT2D eigenvalue weighted by Crippen LogP contribution is 2.58. The van der Waals surface area contributed by atoms with Gasteiger partial charge in [0.1, 0.15) is 6.10 Å². The first-order chi connectivity index (χ1) is 16.1. The van der Waals surface area contributed by atoms with Crippen LogP contribution in [0.25, 0.3) is 0 Å². The number of carboxylic acid groups (broad SMARTS) is 1. The number of hydrogen-bond donors (Lipinski definition) is 2. The van der Waals surface area contributed by atoms with E-state index >= 15 is 0 Å². The van der Waals surface area contributed by atoms with Gasteiger partial charge in [-0.1, -0.05) is 43.6 Å². The van der Waals surface area contributed by atoms with Gasteiger partial charge in [0.2, 0.25) is 5.91 Å². The predicted molar refractivity (Wildman–Crippen MR) is 134 cm³/mol. The molecule has 1 aromatic rings. The van der Waals surface area contributed by atoms with Gasteiger partial charge in [0.25, 0.3) is 0 Å². The van der Waals surface area contributed by atoms with Crippen LogP contribution in [0.4, 0.5) is 5.69 Å². The Morgan fingerprint density at radius 3 is 2.56 bits per heavy atom. The van der Waals surface area contributed by atoms with Crippen LogP contribution in [0, 0.1) is 41.9 Å². The number of anilines is 1. The molecule has 2 unspecified atom stereocenters. The molecular formula is C27H37ClN2O4. The number of carboxylic acids is 1. The molecule has 0 spiro atoms. The van der Waals surface area contributed by atoms with Crippen molar-refractivity contribution in [2.75, 3.05) is 5.32 Å². The predicted octanol–water partition coefficient (Wildman–Crippen LogP) is 6.31. The second kappa shape index (κ2) is 9.88. The maximum absolute atomic E-state index is 13.0. The van der Waals surface area contributed by atoms with Gasteiger partial charge in [0, 0.05) is 12.3 Å². The number of carbonyl (C=O) groups excluding carboxylic acids is 1. The normalized spacial score (nSPS) is 29.2. The highest BCUT2D eigenvalue weighted by atomic mass is 35.5. The summed E-state index contributed by atoms with van der Waals surface area (Å²) >= 11 is 6.28. The molecule has 0 saturated heterocycles. The van der Waals surface area contributed by atoms with Crippen LogP contribution < -0.4 is 5.32 Å². The van der Waals surface area contributed by atoms with E-state index < -0.39 is 11.9 Å². The smallest absolute Gasteiger partial charge is 0.304 e. The third-order valence-electron chi connectivity index (χ3n) is 7.98. The summed E-state index contributed by atoms with van der Waals surface area (Å²) in [4.78, 5) is 30.8. The van der Waals surface area contributed by atoms with Crippen LogP contribution in [0.15, 0.2) is 23.4 Å². The molecule has 0 radical (unpaired) electrons. The summed E-state index contributed by atoms with van der Waals surface area (Å²) in [6.07, 6.45) is 5.59. The van der Waals surface area contributed by atoms with Crippen molar-refractivity contribution in [3.05, 3.63) is 28.8 Å². The number of rotatable bonds is 10. The van der Waals surface area contributed by atoms with Crippen molar-refractivity contribution in [2.24, 2.45) is 40.2 Å². The first kappa shape index (κ1) is 25.0. The van der Waals surface area contributed by atoms with E-state index in [0.29, 0.717) is 28.5 Å². The van der Waals surface area contributed by atoms with Crippen LogP contribution in [0.3, 0.4) is 0 Å². The standard InChI is InChI=1S/C27H37ClN2O4/c1-15(2)9-17-11-19(12-17)26-27(4,20-6-7-20)25(30-34-26)18(14-24(32)33)13-23(31)29-22-8-5-16(3)10-21(22)28/h5,8,10,15,17-20,26H,6-7,9,11-14H2,1-4H3,(H,29,31)(H,32,33)/t17?,18-,19?,26?,27?/m1/s1. The fraction of sp³-hybridized carbons (Fsp3) is 0.667. The molecule has 2 aliphatic carbocycles. The second-order valence-electron chi connectivity index (χ2n) is 11.3. The molecule has 1 heterocycles. The fourth-order valence-corrected chi connectivity index (χ4v) is 6.48. The van der Waals surface area contributed by atoms with Gasteiger partial charge < -0.3 is 15.3 Å². The lowest BCUT2D eigenvalue weighted by Crippen LogP contribution is -2.49. The van der Waals surface area contributed by atoms with E-state index in [1.165, 1.54) is 6.42 Å². The molecule has 2 fully saturated rings. The van der Waals surface area contributed by atoms with E-state index in [9.17, 15) is 14.7 Å². The molecule has 6 nitrogen and oxygen atoms in total. The molecule has 7 heteroatoms. The van der Waals surface area contributed by atoms with Crippen LogP contribution in [-0.2, 0) is 14.4 Å². The number of amides is 1. The van der Waals surface area contributed by atoms with Gasteiger partial charge in [0.05, 0.1) is 28.3 Å². The fourth-order valence-electron chi connectivity index (χ4n) is 6.20. The Balaban J connectivity index is 1.49. The summed E-state index contributed by atoms with van der Waals surface area (Å²) in [5.74, 6) is 0.607. The zero-order valence-electron chi connectivity index (χ0n) is 20.6. The molecule has 1 aliphatic heterocycles. The number of aliphatic carboxylic acids is 1. The number of halogens is 1. The van der Waals surface area contributed by atoms with E-state index in [1.807, 2.05) is 13.0 Å². The van der Waals surface area contributed by atoms with Crippen molar-refractivity contribution in [2.45, 2.75) is 78.7 Å². The van der Waals surface area contributed by atoms with Crippen molar-refractivity contribution < 1.29 is 19.5 Å². The number of nitrogens with one attached hydrogen (secondary N) is 1. The lowest BCUT2D eigenvalue weighted by Gasteiger charge is -2.44. The molecule has 0 aromatic heterocycles. The summed E-state index contributed by atoms with van der Waals surface area (Å²) in [7, 11) is 0. The molecule has 3 aliphatic rings. The molecule has 2 N–H and O–H groups in total. The first-order valence-electron chi connectivity index (χ1n) is 12.6. The summed E-state index contributed by atoms with van der Waals surface area (Å²) in [6, 6.07) is 5.44. The van der Waals surface area contributed by atoms with Gasteiger partial charge in [0.15, 0.2) is 0 Å². The zero-order chi connectivity index (χ0) is 24.6. The van der Waals surface area contributed by atoms with E-state index in [2.05, 4.69) is 31.2 Å². The minimum Gasteiger partial charge on any atom is -0.481 e. The minimum absolute atomic E-state index is 0.0238. The topological polar surface area (TPSA) is 88.0 Å². The molecule has 3 atom stereocenters. The van der Waals surface area contributed by atoms with Gasteiger partial charge in [-0.25, -0.2) is 0 Å². The summed E-state index contributed by atoms with van der Waals surface area (Å²) in [6.45, 7) is 8.65. The van der Waals surface area contributed by atoms with Crippen molar-refractivity contribution in [1.82, 2.24) is 0 Å². The van der Waals surface area contributed by atoms with Gasteiger partial charge in [-0.3, -0.25) is 9.59 Å². The third-order valence-corrected chi connectivity index (χ3v) is 8.29. The zero-order valence-corrected chi connectivity index (χ0v) is 21.4. The van der Waals surface area contributed by atoms with Crippen molar-refractivity contribution in [3.63, 3.8) is 0 Å². The average Bonchev–Trinajstić information content (AvgIpc) is 3.50. The molecule has 0 bridgehead atoms. The Morgan fingerprint density at radius 2 is 1.97 bits per heavy atom. The van der Waals surface area contributed by atoms with E-state index in [-0.39, 0.29) is 30.3 Å². The molecule has 4 rings (SSSR count). The van der Waals surface area contributed by atoms with Crippen LogP contribution >= 0.6 is 11.6 Å². The molecular weight excluding hydrogens is 452 g/mol. The number of oxime groups is 1. The summed E-state index contributed by atoms with van der Waals surface area (Å²) in [5.41, 5.74) is 1.99. The third kappa shape index (κ3) is 5.27. The second-order valence-corrected chi connectivity index (χ2v) is 11.7. The Labute approximate surface area is 207 Å². The van der Waals surface area contributed by atoms with E-state index in [0.717, 1.165) is 42.9 Å². The Morgan fingerprint density at radius 1 is 1.26 bits per heavy atom. The maximum Gasteiger partial charge on any atom is 0.304 e. The van der Waals surface area contributed by atoms with Crippen LogP contribution in [0.2, 0.25) is 5.02 Å². The molecule has 1 aromatic carbocycles. The van der Waals surface area contributed by atoms with E-state index in [4.69, 9.17) is 16.4 Å². The van der Waals surface area contributed by atoms with Crippen LogP contribution in [0.1, 0.15) is 71.3 Å². The Kier molecular flexibility index (Phi) is 7.28. The average molecular weight is 489 g/mol. The van der Waals surface area contributed by atoms with Crippen molar-refractivity contribution in [3.8, 4) is 0 Å². The van der Waals surface area contributed by atoms with E-state index in [1.54, 1.807) is 12.1 Å². The summed E-state index contributed by atoms with van der Waals surface area (Å²) < 4.78 is 0. The minimum atomic E-state index is -0.934. The van der Waals surface area contributed by atoms with Gasteiger partial charge >= 0.3 is 5.97 Å². The molecule has 34 heavy (non-hydrogen) atoms. The highest BCUT2D eigenvalue weighted by Gasteiger charge is 2.60. The van der Waals surface area contributed by atoms with Crippen LogP contribution in [-0.4, -0.2) is 28.8 Å². The lowest BCUT2D eigenvalue weighted by atomic mass is 9.60. The highest BCUT2D eigenvalue weighted by molar-refractivity contribution is 6.33. The largest absolute Gasteiger partial charge is 0.481 e. The van der Waals surface area contributed by atoms with Crippen molar-refractivity contribution >= 4 is 34.9 Å². The SMILES string of the molecule is Cc1ccc(NC(=O)C[C@H](CC(=O)O)C2=NOC(C3CC(CC(C)C)C3)C2(C)C2CC2)c(Cl)c1. The number of nitrogens with zero attached hydrogens (tertiary/aromatic N) is 1. The maximum atomic E-state index is 13.0. The molecule has 2 saturated carbocycles.